The second-order valence-electron chi connectivity index (χ2n) is 6.74. The van der Waals surface area contributed by atoms with Crippen molar-refractivity contribution in [1.82, 2.24) is 15.0 Å². The maximum absolute atomic E-state index is 12.8. The number of nitrogens with two attached hydrogens (primary N) is 1. The molecule has 0 spiro atoms. The van der Waals surface area contributed by atoms with E-state index >= 15 is 0 Å². The molecule has 6 nitrogen and oxygen atoms in total. The van der Waals surface area contributed by atoms with Crippen LogP contribution in [0.2, 0.25) is 0 Å². The maximum Gasteiger partial charge on any atom is 0.471 e. The largest absolute Gasteiger partial charge is 0.471 e. The van der Waals surface area contributed by atoms with E-state index in [9.17, 15) is 18.0 Å². The van der Waals surface area contributed by atoms with Crippen molar-refractivity contribution in [2.24, 2.45) is 5.73 Å². The van der Waals surface area contributed by atoms with E-state index in [1.165, 1.54) is 6.07 Å². The number of rotatable bonds is 2. The van der Waals surface area contributed by atoms with Gasteiger partial charge in [-0.1, -0.05) is 30.1 Å². The fourth-order valence-electron chi connectivity index (χ4n) is 3.71. The smallest absolute Gasteiger partial charge is 0.330 e. The molecule has 1 aliphatic carbocycles. The average Bonchev–Trinajstić information content (AvgIpc) is 3.21. The van der Waals surface area contributed by atoms with Gasteiger partial charge in [-0.3, -0.25) is 4.79 Å². The monoisotopic (exact) mass is 366 g/mol. The Morgan fingerprint density at radius 2 is 2.00 bits per heavy atom. The molecule has 2 aromatic rings. The van der Waals surface area contributed by atoms with Gasteiger partial charge in [-0.25, -0.2) is 0 Å². The van der Waals surface area contributed by atoms with Crippen molar-refractivity contribution in [1.29, 1.82) is 0 Å². The van der Waals surface area contributed by atoms with Crippen LogP contribution >= 0.6 is 0 Å². The highest BCUT2D eigenvalue weighted by Gasteiger charge is 2.39. The number of hydrogen-bond donors (Lipinski definition) is 1. The van der Waals surface area contributed by atoms with Crippen molar-refractivity contribution in [3.8, 4) is 11.4 Å². The number of benzene rings is 1. The van der Waals surface area contributed by atoms with Gasteiger partial charge >= 0.3 is 12.1 Å². The fourth-order valence-corrected chi connectivity index (χ4v) is 3.71. The Morgan fingerprint density at radius 3 is 2.69 bits per heavy atom. The van der Waals surface area contributed by atoms with Gasteiger partial charge < -0.3 is 15.2 Å². The van der Waals surface area contributed by atoms with E-state index in [4.69, 9.17) is 5.73 Å². The SMILES string of the molecule is N[C@H]1CCCCC1N1Cc2ccc(-c3noc(C(F)(F)F)n3)cc2C1=O. The lowest BCUT2D eigenvalue weighted by atomic mass is 9.90. The first-order valence-corrected chi connectivity index (χ1v) is 8.45. The molecular formula is C17H17F3N4O2. The molecule has 2 N–H and O–H groups in total. The lowest BCUT2D eigenvalue weighted by Gasteiger charge is -2.35. The third kappa shape index (κ3) is 2.86. The Labute approximate surface area is 147 Å². The second-order valence-corrected chi connectivity index (χ2v) is 6.74. The number of aromatic nitrogens is 2. The molecule has 1 amide bonds. The molecule has 1 fully saturated rings. The van der Waals surface area contributed by atoms with E-state index in [2.05, 4.69) is 14.7 Å². The molecule has 0 radical (unpaired) electrons. The number of carbonyl (C=O) groups is 1. The Bertz CT molecular complexity index is 849. The van der Waals surface area contributed by atoms with Crippen molar-refractivity contribution in [2.75, 3.05) is 0 Å². The minimum atomic E-state index is -4.70. The van der Waals surface area contributed by atoms with Crippen LogP contribution in [0, 0.1) is 0 Å². The van der Waals surface area contributed by atoms with Crippen molar-refractivity contribution in [3.05, 3.63) is 35.2 Å². The van der Waals surface area contributed by atoms with Crippen molar-refractivity contribution in [3.63, 3.8) is 0 Å². The molecule has 1 aromatic carbocycles. The summed E-state index contributed by atoms with van der Waals surface area (Å²) < 4.78 is 42.1. The maximum atomic E-state index is 12.8. The van der Waals surface area contributed by atoms with Crippen LogP contribution in [0.25, 0.3) is 11.4 Å². The minimum absolute atomic E-state index is 0.00546. The molecule has 0 bridgehead atoms. The normalized spacial score (nSPS) is 23.4. The predicted octanol–water partition coefficient (Wildman–Crippen LogP) is 2.98. The summed E-state index contributed by atoms with van der Waals surface area (Å²) in [4.78, 5) is 18.0. The molecule has 4 rings (SSSR count). The van der Waals surface area contributed by atoms with Crippen molar-refractivity contribution in [2.45, 2.75) is 50.5 Å². The average molecular weight is 366 g/mol. The first kappa shape index (κ1) is 17.0. The molecule has 2 atom stereocenters. The summed E-state index contributed by atoms with van der Waals surface area (Å²) in [5.41, 5.74) is 7.79. The van der Waals surface area contributed by atoms with Gasteiger partial charge in [-0.05, 0) is 24.5 Å². The van der Waals surface area contributed by atoms with Crippen LogP contribution in [0.15, 0.2) is 22.7 Å². The second kappa shape index (κ2) is 6.08. The van der Waals surface area contributed by atoms with Gasteiger partial charge in [0.05, 0.1) is 0 Å². The molecule has 1 aromatic heterocycles. The van der Waals surface area contributed by atoms with Crippen LogP contribution < -0.4 is 5.73 Å². The molecular weight excluding hydrogens is 349 g/mol. The molecule has 9 heteroatoms. The van der Waals surface area contributed by atoms with Gasteiger partial charge in [0, 0.05) is 29.8 Å². The molecule has 138 valence electrons. The van der Waals surface area contributed by atoms with E-state index in [1.807, 2.05) is 0 Å². The third-order valence-electron chi connectivity index (χ3n) is 5.05. The Balaban J connectivity index is 1.61. The number of halogens is 3. The lowest BCUT2D eigenvalue weighted by Crippen LogP contribution is -2.49. The summed E-state index contributed by atoms with van der Waals surface area (Å²) in [6.45, 7) is 0.465. The van der Waals surface area contributed by atoms with E-state index in [1.54, 1.807) is 17.0 Å². The first-order valence-electron chi connectivity index (χ1n) is 8.45. The highest BCUT2D eigenvalue weighted by atomic mass is 19.4. The van der Waals surface area contributed by atoms with Crippen LogP contribution in [0.4, 0.5) is 13.2 Å². The summed E-state index contributed by atoms with van der Waals surface area (Å²) in [5, 5.41) is 3.37. The van der Waals surface area contributed by atoms with Crippen molar-refractivity contribution < 1.29 is 22.5 Å². The number of nitrogens with zero attached hydrogens (tertiary/aromatic N) is 3. The highest BCUT2D eigenvalue weighted by Crippen LogP contribution is 2.34. The van der Waals surface area contributed by atoms with Crippen LogP contribution in [0.5, 0.6) is 0 Å². The van der Waals surface area contributed by atoms with Crippen LogP contribution in [0.1, 0.15) is 47.5 Å². The lowest BCUT2D eigenvalue weighted by molar-refractivity contribution is -0.159. The first-order chi connectivity index (χ1) is 12.3. The fraction of sp³-hybridized carbons (Fsp3) is 0.471. The number of fused-ring (bicyclic) bond motifs is 1. The zero-order chi connectivity index (χ0) is 18.5. The van der Waals surface area contributed by atoms with E-state index < -0.39 is 12.1 Å². The summed E-state index contributed by atoms with van der Waals surface area (Å²) in [7, 11) is 0. The molecule has 1 unspecified atom stereocenters. The standard InChI is InChI=1S/C17H17F3N4O2/c18-17(19,20)16-22-14(23-26-16)9-5-6-10-8-24(15(25)11(10)7-9)13-4-2-1-3-12(13)21/h5-7,12-13H,1-4,8,21H2/t12-,13?/m0/s1. The summed E-state index contributed by atoms with van der Waals surface area (Å²) in [6, 6.07) is 4.79. The zero-order valence-electron chi connectivity index (χ0n) is 13.8. The molecule has 2 aliphatic rings. The van der Waals surface area contributed by atoms with Crippen LogP contribution in [-0.2, 0) is 12.7 Å². The predicted molar refractivity (Wildman–Crippen MR) is 84.8 cm³/mol. The number of alkyl halides is 3. The Kier molecular flexibility index (Phi) is 3.98. The summed E-state index contributed by atoms with van der Waals surface area (Å²) in [5.74, 6) is -1.75. The summed E-state index contributed by atoms with van der Waals surface area (Å²) >= 11 is 0. The van der Waals surface area contributed by atoms with E-state index in [0.29, 0.717) is 17.7 Å². The zero-order valence-corrected chi connectivity index (χ0v) is 13.8. The quantitative estimate of drug-likeness (QED) is 0.883. The minimum Gasteiger partial charge on any atom is -0.330 e. The molecule has 1 saturated carbocycles. The van der Waals surface area contributed by atoms with E-state index in [0.717, 1.165) is 31.2 Å². The van der Waals surface area contributed by atoms with Gasteiger partial charge in [0.1, 0.15) is 0 Å². The molecule has 0 saturated heterocycles. The van der Waals surface area contributed by atoms with Gasteiger partial charge in [-0.15, -0.1) is 0 Å². The molecule has 26 heavy (non-hydrogen) atoms. The molecule has 1 aliphatic heterocycles. The van der Waals surface area contributed by atoms with Crippen molar-refractivity contribution >= 4 is 5.91 Å². The van der Waals surface area contributed by atoms with Gasteiger partial charge in [0.25, 0.3) is 5.91 Å². The molecule has 2 heterocycles. The Morgan fingerprint density at radius 1 is 1.23 bits per heavy atom. The van der Waals surface area contributed by atoms with Gasteiger partial charge in [-0.2, -0.15) is 18.2 Å². The van der Waals surface area contributed by atoms with E-state index in [-0.39, 0.29) is 23.8 Å². The van der Waals surface area contributed by atoms with Gasteiger partial charge in [0.15, 0.2) is 0 Å². The topological polar surface area (TPSA) is 85.2 Å². The van der Waals surface area contributed by atoms with Crippen LogP contribution in [0.3, 0.4) is 0 Å². The number of carbonyl (C=O) groups excluding carboxylic acids is 1. The van der Waals surface area contributed by atoms with Gasteiger partial charge in [0.2, 0.25) is 5.82 Å². The highest BCUT2D eigenvalue weighted by molar-refractivity contribution is 5.99. The number of hydrogen-bond acceptors (Lipinski definition) is 5. The Hall–Kier alpha value is -2.42. The van der Waals surface area contributed by atoms with Crippen LogP contribution in [-0.4, -0.2) is 33.0 Å². The summed E-state index contributed by atoms with van der Waals surface area (Å²) in [6.07, 6.45) is -0.846. The number of amides is 1. The third-order valence-corrected chi connectivity index (χ3v) is 5.05.